The van der Waals surface area contributed by atoms with Gasteiger partial charge >= 0.3 is 0 Å². The van der Waals surface area contributed by atoms with Crippen molar-refractivity contribution in [2.75, 3.05) is 34.3 Å². The molecule has 1 rings (SSSR count). The minimum absolute atomic E-state index is 0.0555. The van der Waals surface area contributed by atoms with Crippen LogP contribution < -0.4 is 0 Å². The highest BCUT2D eigenvalue weighted by Gasteiger charge is 2.38. The van der Waals surface area contributed by atoms with Crippen LogP contribution in [0.15, 0.2) is 0 Å². The molecular weight excluding hydrogens is 200 g/mol. The van der Waals surface area contributed by atoms with Gasteiger partial charge in [-0.05, 0) is 48.2 Å². The lowest BCUT2D eigenvalue weighted by Gasteiger charge is -2.32. The lowest BCUT2D eigenvalue weighted by Crippen LogP contribution is -2.44. The van der Waals surface area contributed by atoms with Crippen molar-refractivity contribution >= 4 is 0 Å². The van der Waals surface area contributed by atoms with Gasteiger partial charge in [0.1, 0.15) is 0 Å². The Morgan fingerprint density at radius 2 is 2.00 bits per heavy atom. The van der Waals surface area contributed by atoms with Gasteiger partial charge in [0.15, 0.2) is 0 Å². The van der Waals surface area contributed by atoms with E-state index in [2.05, 4.69) is 51.6 Å². The van der Waals surface area contributed by atoms with Crippen molar-refractivity contribution in [3.8, 4) is 0 Å². The molecule has 0 aromatic heterocycles. The molecule has 1 saturated heterocycles. The number of hydrogen-bond acceptors (Lipinski definition) is 3. The highest BCUT2D eigenvalue weighted by atomic mass is 16.5. The van der Waals surface area contributed by atoms with Gasteiger partial charge in [0.2, 0.25) is 0 Å². The second-order valence-electron chi connectivity index (χ2n) is 6.43. The van der Waals surface area contributed by atoms with Gasteiger partial charge in [-0.2, -0.15) is 0 Å². The molecule has 96 valence electrons. The maximum atomic E-state index is 5.49. The Balaban J connectivity index is 2.54. The van der Waals surface area contributed by atoms with Crippen molar-refractivity contribution in [1.29, 1.82) is 0 Å². The Morgan fingerprint density at radius 3 is 2.38 bits per heavy atom. The third-order valence-corrected chi connectivity index (χ3v) is 4.06. The summed E-state index contributed by atoms with van der Waals surface area (Å²) in [7, 11) is 6.22. The van der Waals surface area contributed by atoms with Crippen molar-refractivity contribution in [1.82, 2.24) is 9.80 Å². The molecule has 1 heterocycles. The van der Waals surface area contributed by atoms with Crippen molar-refractivity contribution in [3.05, 3.63) is 0 Å². The van der Waals surface area contributed by atoms with Crippen LogP contribution >= 0.6 is 0 Å². The summed E-state index contributed by atoms with van der Waals surface area (Å²) in [6.07, 6.45) is 1.24. The zero-order valence-corrected chi connectivity index (χ0v) is 12.0. The summed E-state index contributed by atoms with van der Waals surface area (Å²) in [4.78, 5) is 4.89. The number of likely N-dealkylation sites (N-methyl/N-ethyl adjacent to an activating group) is 2. The molecule has 1 fully saturated rings. The van der Waals surface area contributed by atoms with Crippen LogP contribution in [-0.4, -0.2) is 61.3 Å². The molecule has 1 aliphatic heterocycles. The van der Waals surface area contributed by atoms with Crippen molar-refractivity contribution < 1.29 is 4.74 Å². The van der Waals surface area contributed by atoms with Crippen LogP contribution in [0.1, 0.15) is 34.1 Å². The van der Waals surface area contributed by atoms with E-state index < -0.39 is 0 Å². The number of likely N-dealkylation sites (tertiary alicyclic amines) is 1. The molecule has 0 saturated carbocycles. The van der Waals surface area contributed by atoms with Gasteiger partial charge in [-0.3, -0.25) is 9.80 Å². The molecule has 0 radical (unpaired) electrons. The Kier molecular flexibility index (Phi) is 4.04. The predicted octanol–water partition coefficient (Wildman–Crippen LogP) is 1.83. The largest absolute Gasteiger partial charge is 0.377 e. The van der Waals surface area contributed by atoms with E-state index >= 15 is 0 Å². The zero-order chi connectivity index (χ0) is 12.6. The molecule has 0 bridgehead atoms. The second kappa shape index (κ2) is 4.63. The standard InChI is InChI=1S/C13H28N2O/c1-12(2)8-11(9-15(12)6)14(5)10-13(3,4)16-7/h11H,8-10H2,1-7H3/t11-/m1/s1. The topological polar surface area (TPSA) is 15.7 Å². The van der Waals surface area contributed by atoms with Crippen molar-refractivity contribution in [3.63, 3.8) is 0 Å². The van der Waals surface area contributed by atoms with Gasteiger partial charge in [0, 0.05) is 31.8 Å². The number of hydrogen-bond donors (Lipinski definition) is 0. The first-order chi connectivity index (χ1) is 7.18. The summed E-state index contributed by atoms with van der Waals surface area (Å²) in [6, 6.07) is 0.648. The fourth-order valence-electron chi connectivity index (χ4n) is 2.45. The van der Waals surface area contributed by atoms with E-state index in [1.807, 2.05) is 0 Å². The monoisotopic (exact) mass is 228 g/mol. The van der Waals surface area contributed by atoms with E-state index in [9.17, 15) is 0 Å². The van der Waals surface area contributed by atoms with Gasteiger partial charge in [0.05, 0.1) is 5.60 Å². The molecule has 3 heteroatoms. The Morgan fingerprint density at radius 1 is 1.44 bits per heavy atom. The normalized spacial score (nSPS) is 26.6. The van der Waals surface area contributed by atoms with Crippen LogP contribution in [-0.2, 0) is 4.74 Å². The van der Waals surface area contributed by atoms with Gasteiger partial charge in [0.25, 0.3) is 0 Å². The zero-order valence-electron chi connectivity index (χ0n) is 12.0. The van der Waals surface area contributed by atoms with Crippen LogP contribution in [0.4, 0.5) is 0 Å². The minimum atomic E-state index is -0.0555. The maximum Gasteiger partial charge on any atom is 0.0749 e. The van der Waals surface area contributed by atoms with E-state index in [4.69, 9.17) is 4.74 Å². The van der Waals surface area contributed by atoms with Gasteiger partial charge in [-0.25, -0.2) is 0 Å². The predicted molar refractivity (Wildman–Crippen MR) is 68.8 cm³/mol. The number of methoxy groups -OCH3 is 1. The van der Waals surface area contributed by atoms with E-state index in [1.54, 1.807) is 7.11 Å². The lowest BCUT2D eigenvalue weighted by molar-refractivity contribution is -0.00984. The molecule has 1 atom stereocenters. The molecule has 0 aromatic carbocycles. The average Bonchev–Trinajstić information content (AvgIpc) is 2.41. The van der Waals surface area contributed by atoms with Gasteiger partial charge < -0.3 is 4.74 Å². The average molecular weight is 228 g/mol. The smallest absolute Gasteiger partial charge is 0.0749 e. The van der Waals surface area contributed by atoms with Crippen LogP contribution in [0.3, 0.4) is 0 Å². The fraction of sp³-hybridized carbons (Fsp3) is 1.00. The number of nitrogens with zero attached hydrogens (tertiary/aromatic N) is 2. The van der Waals surface area contributed by atoms with Crippen LogP contribution in [0.2, 0.25) is 0 Å². The summed E-state index contributed by atoms with van der Waals surface area (Å²) in [5, 5.41) is 0. The molecule has 0 spiro atoms. The Hall–Kier alpha value is -0.120. The number of rotatable bonds is 4. The van der Waals surface area contributed by atoms with Crippen LogP contribution in [0.5, 0.6) is 0 Å². The molecule has 0 N–H and O–H groups in total. The van der Waals surface area contributed by atoms with E-state index in [-0.39, 0.29) is 5.60 Å². The van der Waals surface area contributed by atoms with E-state index in [1.165, 1.54) is 6.42 Å². The molecule has 3 nitrogen and oxygen atoms in total. The molecular formula is C13H28N2O. The quantitative estimate of drug-likeness (QED) is 0.730. The Bertz CT molecular complexity index is 238. The highest BCUT2D eigenvalue weighted by molar-refractivity contribution is 4.95. The third-order valence-electron chi connectivity index (χ3n) is 4.06. The second-order valence-corrected chi connectivity index (χ2v) is 6.43. The first kappa shape index (κ1) is 13.9. The molecule has 0 aliphatic carbocycles. The molecule has 0 amide bonds. The first-order valence-electron chi connectivity index (χ1n) is 6.14. The minimum Gasteiger partial charge on any atom is -0.377 e. The molecule has 0 aromatic rings. The van der Waals surface area contributed by atoms with Crippen molar-refractivity contribution in [2.24, 2.45) is 0 Å². The molecule has 1 aliphatic rings. The number of ether oxygens (including phenoxy) is 1. The van der Waals surface area contributed by atoms with Gasteiger partial charge in [-0.15, -0.1) is 0 Å². The summed E-state index contributed by atoms with van der Waals surface area (Å²) < 4.78 is 5.49. The fourth-order valence-corrected chi connectivity index (χ4v) is 2.45. The molecule has 0 unspecified atom stereocenters. The maximum absolute atomic E-state index is 5.49. The third kappa shape index (κ3) is 3.19. The van der Waals surface area contributed by atoms with Gasteiger partial charge in [-0.1, -0.05) is 0 Å². The van der Waals surface area contributed by atoms with Crippen LogP contribution in [0, 0.1) is 0 Å². The summed E-state index contributed by atoms with van der Waals surface area (Å²) in [6.45, 7) is 11.1. The lowest BCUT2D eigenvalue weighted by atomic mass is 9.99. The van der Waals surface area contributed by atoms with Crippen molar-refractivity contribution in [2.45, 2.75) is 51.3 Å². The van der Waals surface area contributed by atoms with Crippen LogP contribution in [0.25, 0.3) is 0 Å². The summed E-state index contributed by atoms with van der Waals surface area (Å²) >= 11 is 0. The van der Waals surface area contributed by atoms with E-state index in [0.29, 0.717) is 11.6 Å². The summed E-state index contributed by atoms with van der Waals surface area (Å²) in [5.41, 5.74) is 0.274. The van der Waals surface area contributed by atoms with E-state index in [0.717, 1.165) is 13.1 Å². The summed E-state index contributed by atoms with van der Waals surface area (Å²) in [5.74, 6) is 0. The Labute approximate surface area is 101 Å². The first-order valence-corrected chi connectivity index (χ1v) is 6.14. The molecule has 16 heavy (non-hydrogen) atoms. The SMILES string of the molecule is COC(C)(C)CN(C)[C@H]1CN(C)C(C)(C)C1. The highest BCUT2D eigenvalue weighted by Crippen LogP contribution is 2.29.